The van der Waals surface area contributed by atoms with Gasteiger partial charge in [0.15, 0.2) is 0 Å². The van der Waals surface area contributed by atoms with Crippen LogP contribution >= 0.6 is 0 Å². The van der Waals surface area contributed by atoms with Crippen LogP contribution in [0.4, 0.5) is 0 Å². The van der Waals surface area contributed by atoms with Gasteiger partial charge in [0.05, 0.1) is 13.2 Å². The predicted octanol–water partition coefficient (Wildman–Crippen LogP) is 14.2. The van der Waals surface area contributed by atoms with E-state index >= 15 is 0 Å². The Balaban J connectivity index is 2.17. The summed E-state index contributed by atoms with van der Waals surface area (Å²) < 4.78 is 17.5. The molecule has 0 aromatic rings. The van der Waals surface area contributed by atoms with Crippen molar-refractivity contribution in [2.24, 2.45) is 17.8 Å². The van der Waals surface area contributed by atoms with E-state index in [0.29, 0.717) is 43.8 Å². The van der Waals surface area contributed by atoms with Crippen molar-refractivity contribution in [2.75, 3.05) is 46.1 Å². The Labute approximate surface area is 343 Å². The Morgan fingerprint density at radius 3 is 1.20 bits per heavy atom. The lowest BCUT2D eigenvalue weighted by Crippen LogP contribution is -2.22. The van der Waals surface area contributed by atoms with Crippen molar-refractivity contribution in [3.8, 4) is 0 Å². The number of rotatable bonds is 42. The molecule has 1 unspecified atom stereocenters. The first-order chi connectivity index (χ1) is 27.0. The molecule has 0 aliphatic carbocycles. The number of ether oxygens (including phenoxy) is 3. The van der Waals surface area contributed by atoms with Crippen molar-refractivity contribution in [3.63, 3.8) is 0 Å². The molecule has 326 valence electrons. The second kappa shape index (κ2) is 39.7. The number of carbonyl (C=O) groups is 2. The normalized spacial score (nSPS) is 14.0. The molecule has 1 fully saturated rings. The molecule has 0 bridgehead atoms. The van der Waals surface area contributed by atoms with Gasteiger partial charge in [0.25, 0.3) is 0 Å². The number of esters is 2. The van der Waals surface area contributed by atoms with Crippen molar-refractivity contribution < 1.29 is 23.8 Å². The van der Waals surface area contributed by atoms with E-state index < -0.39 is 0 Å². The van der Waals surface area contributed by atoms with Gasteiger partial charge in [0.1, 0.15) is 0 Å². The number of carbonyl (C=O) groups excluding carboxylic acids is 2. The molecule has 0 aromatic heterocycles. The SMILES string of the molecule is CCCCC(CCCC)CC(=O)OCCCCCCCCCCC(CCCCCCCCOC(=O)CC(CCCC)CCCC)COCCCN1CCCC1. The number of unbranched alkanes of at least 4 members (excludes halogenated alkanes) is 16. The maximum Gasteiger partial charge on any atom is 0.306 e. The molecule has 6 nitrogen and oxygen atoms in total. The first kappa shape index (κ1) is 51.9. The van der Waals surface area contributed by atoms with E-state index in [0.717, 1.165) is 32.5 Å². The Hall–Kier alpha value is -1.14. The highest BCUT2D eigenvalue weighted by molar-refractivity contribution is 5.70. The molecule has 0 amide bonds. The van der Waals surface area contributed by atoms with Gasteiger partial charge in [0.2, 0.25) is 0 Å². The fraction of sp³-hybridized carbons (Fsp3) is 0.959. The molecule has 1 rings (SSSR count). The topological polar surface area (TPSA) is 65.1 Å². The van der Waals surface area contributed by atoms with Gasteiger partial charge in [-0.1, -0.05) is 156 Å². The summed E-state index contributed by atoms with van der Waals surface area (Å²) in [6, 6.07) is 0. The van der Waals surface area contributed by atoms with Crippen LogP contribution in [0.5, 0.6) is 0 Å². The molecule has 0 spiro atoms. The molecule has 0 radical (unpaired) electrons. The van der Waals surface area contributed by atoms with E-state index in [2.05, 4.69) is 32.6 Å². The van der Waals surface area contributed by atoms with Crippen molar-refractivity contribution in [2.45, 2.75) is 240 Å². The maximum absolute atomic E-state index is 12.4. The zero-order valence-electron chi connectivity index (χ0n) is 37.5. The van der Waals surface area contributed by atoms with Gasteiger partial charge in [0, 0.05) is 32.6 Å². The molecular weight excluding hydrogens is 683 g/mol. The summed E-state index contributed by atoms with van der Waals surface area (Å²) in [6.45, 7) is 15.7. The van der Waals surface area contributed by atoms with Gasteiger partial charge < -0.3 is 19.1 Å². The Morgan fingerprint density at radius 2 is 0.800 bits per heavy atom. The number of hydrogen-bond donors (Lipinski definition) is 0. The number of likely N-dealkylation sites (tertiary alicyclic amines) is 1. The van der Waals surface area contributed by atoms with Crippen LogP contribution < -0.4 is 0 Å². The van der Waals surface area contributed by atoms with Crippen LogP contribution in [0, 0.1) is 17.8 Å². The van der Waals surface area contributed by atoms with Crippen LogP contribution in [0.3, 0.4) is 0 Å². The Kier molecular flexibility index (Phi) is 37.4. The van der Waals surface area contributed by atoms with E-state index in [9.17, 15) is 9.59 Å². The Morgan fingerprint density at radius 1 is 0.436 bits per heavy atom. The Bertz CT molecular complexity index is 814. The van der Waals surface area contributed by atoms with Crippen LogP contribution in [0.1, 0.15) is 240 Å². The standard InChI is InChI=1S/C49H95NO5/c1-5-9-30-45(31-10-6-2)42-48(51)54-40-27-21-17-14-13-15-19-23-34-47(44-53-39-29-38-50-36-25-26-37-50)35-24-20-16-18-22-28-41-55-49(52)43-46(32-11-7-3)33-12-8-4/h45-47H,5-44H2,1-4H3. The highest BCUT2D eigenvalue weighted by atomic mass is 16.5. The lowest BCUT2D eigenvalue weighted by atomic mass is 9.93. The average Bonchev–Trinajstić information content (AvgIpc) is 3.71. The third kappa shape index (κ3) is 33.5. The van der Waals surface area contributed by atoms with Crippen molar-refractivity contribution in [3.05, 3.63) is 0 Å². The zero-order chi connectivity index (χ0) is 39.9. The first-order valence-corrected chi connectivity index (χ1v) is 24.6. The minimum Gasteiger partial charge on any atom is -0.466 e. The van der Waals surface area contributed by atoms with Gasteiger partial charge in [-0.3, -0.25) is 9.59 Å². The smallest absolute Gasteiger partial charge is 0.306 e. The zero-order valence-corrected chi connectivity index (χ0v) is 37.5. The van der Waals surface area contributed by atoms with E-state index in [1.165, 1.54) is 199 Å². The summed E-state index contributed by atoms with van der Waals surface area (Å²) in [6.07, 6.45) is 39.5. The van der Waals surface area contributed by atoms with Crippen molar-refractivity contribution in [1.82, 2.24) is 4.90 Å². The summed E-state index contributed by atoms with van der Waals surface area (Å²) >= 11 is 0. The van der Waals surface area contributed by atoms with Crippen molar-refractivity contribution >= 4 is 11.9 Å². The minimum atomic E-state index is 0.0247. The van der Waals surface area contributed by atoms with Gasteiger partial charge in [-0.25, -0.2) is 0 Å². The van der Waals surface area contributed by atoms with E-state index in [1.807, 2.05) is 0 Å². The largest absolute Gasteiger partial charge is 0.466 e. The molecule has 1 aliphatic rings. The molecule has 6 heteroatoms. The van der Waals surface area contributed by atoms with Crippen LogP contribution in [0.2, 0.25) is 0 Å². The summed E-state index contributed by atoms with van der Waals surface area (Å²) in [7, 11) is 0. The van der Waals surface area contributed by atoms with Crippen LogP contribution in [0.25, 0.3) is 0 Å². The molecule has 1 aliphatic heterocycles. The molecule has 1 atom stereocenters. The van der Waals surface area contributed by atoms with Gasteiger partial charge >= 0.3 is 11.9 Å². The highest BCUT2D eigenvalue weighted by Gasteiger charge is 2.16. The lowest BCUT2D eigenvalue weighted by Gasteiger charge is -2.18. The van der Waals surface area contributed by atoms with Crippen LogP contribution in [-0.4, -0.2) is 62.9 Å². The summed E-state index contributed by atoms with van der Waals surface area (Å²) in [5, 5.41) is 0. The van der Waals surface area contributed by atoms with E-state index in [-0.39, 0.29) is 11.9 Å². The quantitative estimate of drug-likeness (QED) is 0.0454. The number of nitrogens with zero attached hydrogens (tertiary/aromatic N) is 1. The molecule has 55 heavy (non-hydrogen) atoms. The average molecular weight is 778 g/mol. The highest BCUT2D eigenvalue weighted by Crippen LogP contribution is 2.23. The fourth-order valence-electron chi connectivity index (χ4n) is 8.42. The molecule has 1 saturated heterocycles. The molecule has 0 saturated carbocycles. The second-order valence-electron chi connectivity index (χ2n) is 17.5. The second-order valence-corrected chi connectivity index (χ2v) is 17.5. The van der Waals surface area contributed by atoms with Gasteiger partial charge in [-0.05, 0) is 101 Å². The third-order valence-electron chi connectivity index (χ3n) is 12.1. The van der Waals surface area contributed by atoms with Crippen LogP contribution in [0.15, 0.2) is 0 Å². The predicted molar refractivity (Wildman–Crippen MR) is 235 cm³/mol. The monoisotopic (exact) mass is 778 g/mol. The molecular formula is C49H95NO5. The van der Waals surface area contributed by atoms with E-state index in [1.54, 1.807) is 0 Å². The molecule has 0 aromatic carbocycles. The van der Waals surface area contributed by atoms with Gasteiger partial charge in [-0.15, -0.1) is 0 Å². The lowest BCUT2D eigenvalue weighted by molar-refractivity contribution is -0.146. The summed E-state index contributed by atoms with van der Waals surface area (Å²) in [5.41, 5.74) is 0. The third-order valence-corrected chi connectivity index (χ3v) is 12.1. The molecule has 1 heterocycles. The minimum absolute atomic E-state index is 0.0247. The fourth-order valence-corrected chi connectivity index (χ4v) is 8.42. The summed E-state index contributed by atoms with van der Waals surface area (Å²) in [4.78, 5) is 27.4. The summed E-state index contributed by atoms with van der Waals surface area (Å²) in [5.74, 6) is 1.77. The first-order valence-electron chi connectivity index (χ1n) is 24.6. The van der Waals surface area contributed by atoms with Crippen molar-refractivity contribution in [1.29, 1.82) is 0 Å². The van der Waals surface area contributed by atoms with Crippen LogP contribution in [-0.2, 0) is 23.8 Å². The van der Waals surface area contributed by atoms with Gasteiger partial charge in [-0.2, -0.15) is 0 Å². The maximum atomic E-state index is 12.4. The van der Waals surface area contributed by atoms with E-state index in [4.69, 9.17) is 14.2 Å². The number of hydrogen-bond acceptors (Lipinski definition) is 6. The molecule has 0 N–H and O–H groups in total.